The average Bonchev–Trinajstić information content (AvgIpc) is 3.05. The van der Waals surface area contributed by atoms with Crippen LogP contribution in [0.1, 0.15) is 28.2 Å². The summed E-state index contributed by atoms with van der Waals surface area (Å²) in [5.41, 5.74) is 1.62. The maximum atomic E-state index is 12.8. The Morgan fingerprint density at radius 1 is 1.43 bits per heavy atom. The van der Waals surface area contributed by atoms with Gasteiger partial charge in [0, 0.05) is 29.6 Å². The van der Waals surface area contributed by atoms with Crippen molar-refractivity contribution in [2.24, 2.45) is 0 Å². The minimum absolute atomic E-state index is 0.00670. The third-order valence-corrected chi connectivity index (χ3v) is 5.06. The Morgan fingerprint density at radius 2 is 2.30 bits per heavy atom. The van der Waals surface area contributed by atoms with Crippen LogP contribution in [0.25, 0.3) is 0 Å². The average molecular weight is 349 g/mol. The summed E-state index contributed by atoms with van der Waals surface area (Å²) in [4.78, 5) is 18.8. The summed E-state index contributed by atoms with van der Waals surface area (Å²) in [5, 5.41) is 0.679. The molecule has 1 atom stereocenters. The second kappa shape index (κ2) is 7.23. The van der Waals surface area contributed by atoms with Gasteiger partial charge in [0.05, 0.1) is 12.2 Å². The number of ether oxygens (including phenoxy) is 1. The molecule has 120 valence electrons. The fraction of sp³-hybridized carbons (Fsp3) is 0.294. The molecule has 2 aromatic rings. The van der Waals surface area contributed by atoms with E-state index in [4.69, 9.17) is 16.3 Å². The van der Waals surface area contributed by atoms with Gasteiger partial charge in [0.2, 0.25) is 5.88 Å². The van der Waals surface area contributed by atoms with E-state index in [0.717, 1.165) is 11.3 Å². The largest absolute Gasteiger partial charge is 0.478 e. The minimum atomic E-state index is -0.0180. The Morgan fingerprint density at radius 3 is 3.00 bits per heavy atom. The van der Waals surface area contributed by atoms with Gasteiger partial charge in [0.15, 0.2) is 0 Å². The Kier molecular flexibility index (Phi) is 5.08. The summed E-state index contributed by atoms with van der Waals surface area (Å²) in [6, 6.07) is 11.2. The van der Waals surface area contributed by atoms with Gasteiger partial charge in [-0.05, 0) is 30.7 Å². The molecule has 4 nitrogen and oxygen atoms in total. The van der Waals surface area contributed by atoms with E-state index >= 15 is 0 Å². The summed E-state index contributed by atoms with van der Waals surface area (Å²) in [5.74, 6) is 1.43. The molecule has 0 aliphatic carbocycles. The summed E-state index contributed by atoms with van der Waals surface area (Å²) >= 11 is 7.83. The molecule has 23 heavy (non-hydrogen) atoms. The Bertz CT molecular complexity index is 693. The third-order valence-electron chi connectivity index (χ3n) is 3.56. The number of carbonyl (C=O) groups is 1. The van der Waals surface area contributed by atoms with E-state index < -0.39 is 0 Å². The predicted molar refractivity (Wildman–Crippen MR) is 93.1 cm³/mol. The molecule has 1 aliphatic rings. The molecule has 1 saturated heterocycles. The first-order valence-electron chi connectivity index (χ1n) is 7.46. The lowest BCUT2D eigenvalue weighted by atomic mass is 10.2. The van der Waals surface area contributed by atoms with E-state index in [-0.39, 0.29) is 11.3 Å². The zero-order valence-electron chi connectivity index (χ0n) is 12.7. The van der Waals surface area contributed by atoms with Crippen LogP contribution < -0.4 is 4.74 Å². The number of halogens is 1. The second-order valence-electron chi connectivity index (χ2n) is 5.09. The molecule has 2 heterocycles. The smallest absolute Gasteiger partial charge is 0.256 e. The highest BCUT2D eigenvalue weighted by molar-refractivity contribution is 7.99. The molecule has 1 fully saturated rings. The summed E-state index contributed by atoms with van der Waals surface area (Å²) < 4.78 is 5.31. The normalized spacial score (nSPS) is 17.3. The number of rotatable bonds is 4. The van der Waals surface area contributed by atoms with Crippen LogP contribution in [0.5, 0.6) is 5.88 Å². The van der Waals surface area contributed by atoms with Crippen molar-refractivity contribution in [2.75, 3.05) is 18.9 Å². The zero-order chi connectivity index (χ0) is 16.2. The fourth-order valence-electron chi connectivity index (χ4n) is 2.52. The number of carbonyl (C=O) groups excluding carboxylic acids is 1. The molecule has 1 unspecified atom stereocenters. The van der Waals surface area contributed by atoms with Crippen LogP contribution in [0.15, 0.2) is 42.6 Å². The Labute approximate surface area is 144 Å². The fourth-order valence-corrected chi connectivity index (χ4v) is 3.96. The molecule has 6 heteroatoms. The van der Waals surface area contributed by atoms with E-state index in [0.29, 0.717) is 29.6 Å². The van der Waals surface area contributed by atoms with Crippen LogP contribution in [0.4, 0.5) is 0 Å². The van der Waals surface area contributed by atoms with Crippen molar-refractivity contribution < 1.29 is 9.53 Å². The number of thioether (sulfide) groups is 1. The molecule has 1 amide bonds. The molecule has 1 aromatic heterocycles. The predicted octanol–water partition coefficient (Wildman–Crippen LogP) is 4.02. The molecule has 0 spiro atoms. The lowest BCUT2D eigenvalue weighted by molar-refractivity contribution is 0.0760. The van der Waals surface area contributed by atoms with Crippen molar-refractivity contribution in [1.29, 1.82) is 0 Å². The van der Waals surface area contributed by atoms with Crippen molar-refractivity contribution in [2.45, 2.75) is 12.3 Å². The van der Waals surface area contributed by atoms with Crippen LogP contribution in [0, 0.1) is 0 Å². The first kappa shape index (κ1) is 16.1. The molecule has 1 aliphatic heterocycles. The van der Waals surface area contributed by atoms with Crippen molar-refractivity contribution in [3.05, 3.63) is 58.7 Å². The van der Waals surface area contributed by atoms with Crippen LogP contribution in [-0.4, -0.2) is 34.7 Å². The van der Waals surface area contributed by atoms with Crippen molar-refractivity contribution in [3.63, 3.8) is 0 Å². The van der Waals surface area contributed by atoms with Gasteiger partial charge in [0.25, 0.3) is 5.91 Å². The van der Waals surface area contributed by atoms with Crippen LogP contribution in [0.3, 0.4) is 0 Å². The van der Waals surface area contributed by atoms with Crippen molar-refractivity contribution in [1.82, 2.24) is 9.88 Å². The third kappa shape index (κ3) is 3.62. The van der Waals surface area contributed by atoms with E-state index in [1.807, 2.05) is 36.1 Å². The molecule has 3 rings (SSSR count). The highest BCUT2D eigenvalue weighted by Crippen LogP contribution is 2.39. The quantitative estimate of drug-likeness (QED) is 0.836. The van der Waals surface area contributed by atoms with E-state index in [1.54, 1.807) is 30.1 Å². The number of benzene rings is 1. The molecule has 0 bridgehead atoms. The van der Waals surface area contributed by atoms with Gasteiger partial charge >= 0.3 is 0 Å². The highest BCUT2D eigenvalue weighted by Gasteiger charge is 2.31. The number of amides is 1. The maximum absolute atomic E-state index is 12.8. The number of nitrogens with zero attached hydrogens (tertiary/aromatic N) is 2. The zero-order valence-corrected chi connectivity index (χ0v) is 14.3. The van der Waals surface area contributed by atoms with Crippen molar-refractivity contribution in [3.8, 4) is 5.88 Å². The Balaban J connectivity index is 1.80. The number of hydrogen-bond donors (Lipinski definition) is 0. The molecule has 0 radical (unpaired) electrons. The standard InChI is InChI=1S/C17H17ClN2O2S/c1-2-22-15-7-6-13(11-19-15)16(21)20-8-9-23-17(20)12-4-3-5-14(18)10-12/h3-7,10-11,17H,2,8-9H2,1H3. The van der Waals surface area contributed by atoms with Crippen molar-refractivity contribution >= 4 is 29.3 Å². The lowest BCUT2D eigenvalue weighted by Crippen LogP contribution is -2.30. The second-order valence-corrected chi connectivity index (χ2v) is 6.72. The lowest BCUT2D eigenvalue weighted by Gasteiger charge is -2.24. The van der Waals surface area contributed by atoms with Gasteiger partial charge in [-0.2, -0.15) is 0 Å². The molecule has 0 saturated carbocycles. The van der Waals surface area contributed by atoms with Gasteiger partial charge in [-0.1, -0.05) is 23.7 Å². The maximum Gasteiger partial charge on any atom is 0.256 e. The summed E-state index contributed by atoms with van der Waals surface area (Å²) in [6.07, 6.45) is 1.57. The van der Waals surface area contributed by atoms with E-state index in [1.165, 1.54) is 0 Å². The van der Waals surface area contributed by atoms with Gasteiger partial charge in [-0.3, -0.25) is 4.79 Å². The van der Waals surface area contributed by atoms with Gasteiger partial charge in [-0.15, -0.1) is 11.8 Å². The topological polar surface area (TPSA) is 42.4 Å². The van der Waals surface area contributed by atoms with Gasteiger partial charge < -0.3 is 9.64 Å². The monoisotopic (exact) mass is 348 g/mol. The molecular weight excluding hydrogens is 332 g/mol. The van der Waals surface area contributed by atoms with Gasteiger partial charge in [-0.25, -0.2) is 4.98 Å². The van der Waals surface area contributed by atoms with Gasteiger partial charge in [0.1, 0.15) is 5.37 Å². The molecular formula is C17H17ClN2O2S. The van der Waals surface area contributed by atoms with Crippen LogP contribution >= 0.6 is 23.4 Å². The Hall–Kier alpha value is -1.72. The first-order chi connectivity index (χ1) is 11.2. The number of hydrogen-bond acceptors (Lipinski definition) is 4. The minimum Gasteiger partial charge on any atom is -0.478 e. The molecule has 0 N–H and O–H groups in total. The van der Waals surface area contributed by atoms with Crippen LogP contribution in [-0.2, 0) is 0 Å². The summed E-state index contributed by atoms with van der Waals surface area (Å²) in [7, 11) is 0. The van der Waals surface area contributed by atoms with E-state index in [2.05, 4.69) is 4.98 Å². The molecule has 1 aromatic carbocycles. The number of aromatic nitrogens is 1. The number of pyridine rings is 1. The van der Waals surface area contributed by atoms with Crippen LogP contribution in [0.2, 0.25) is 5.02 Å². The first-order valence-corrected chi connectivity index (χ1v) is 8.88. The van der Waals surface area contributed by atoms with E-state index in [9.17, 15) is 4.79 Å². The SMILES string of the molecule is CCOc1ccc(C(=O)N2CCSC2c2cccc(Cl)c2)cn1. The highest BCUT2D eigenvalue weighted by atomic mass is 35.5. The summed E-state index contributed by atoms with van der Waals surface area (Å²) in [6.45, 7) is 3.17.